The third-order valence-corrected chi connectivity index (χ3v) is 6.38. The number of rotatable bonds is 6. The number of carboxylic acid groups (broad SMARTS) is 1. The third-order valence-electron chi connectivity index (χ3n) is 6.38. The SMILES string of the molecule is O=C(O)c1ccc(C2(NC(=O)[C@H]3CCCCN3Cc3ccc(C(F)(F)F)cc3)CC2)cc1.[NaH]. The second kappa shape index (κ2) is 10.2. The van der Waals surface area contributed by atoms with Crippen LogP contribution < -0.4 is 5.32 Å². The Bertz CT molecular complexity index is 990. The van der Waals surface area contributed by atoms with Crippen molar-refractivity contribution in [1.29, 1.82) is 0 Å². The molecule has 0 radical (unpaired) electrons. The number of piperidine rings is 1. The Morgan fingerprint density at radius 2 is 1.67 bits per heavy atom. The van der Waals surface area contributed by atoms with Crippen LogP contribution >= 0.6 is 0 Å². The molecule has 2 aromatic rings. The van der Waals surface area contributed by atoms with Crippen molar-refractivity contribution in [1.82, 2.24) is 10.2 Å². The van der Waals surface area contributed by atoms with Crippen molar-refractivity contribution in [3.8, 4) is 0 Å². The fraction of sp³-hybridized carbons (Fsp3) is 0.417. The molecule has 2 N–H and O–H groups in total. The van der Waals surface area contributed by atoms with Crippen LogP contribution in [0.2, 0.25) is 0 Å². The minimum absolute atomic E-state index is 0. The summed E-state index contributed by atoms with van der Waals surface area (Å²) < 4.78 is 38.5. The first-order valence-electron chi connectivity index (χ1n) is 10.7. The van der Waals surface area contributed by atoms with Gasteiger partial charge < -0.3 is 10.4 Å². The zero-order chi connectivity index (χ0) is 22.9. The molecule has 2 fully saturated rings. The molecule has 0 spiro atoms. The minimum atomic E-state index is -4.37. The number of carboxylic acids is 1. The summed E-state index contributed by atoms with van der Waals surface area (Å²) in [6, 6.07) is 11.3. The van der Waals surface area contributed by atoms with Crippen LogP contribution in [0.3, 0.4) is 0 Å². The molecule has 1 aliphatic carbocycles. The molecule has 5 nitrogen and oxygen atoms in total. The number of likely N-dealkylation sites (tertiary alicyclic amines) is 1. The monoisotopic (exact) mass is 470 g/mol. The number of nitrogens with zero attached hydrogens (tertiary/aromatic N) is 1. The Hall–Kier alpha value is -1.87. The van der Waals surface area contributed by atoms with E-state index in [2.05, 4.69) is 5.32 Å². The number of halogens is 3. The maximum absolute atomic E-state index is 13.2. The van der Waals surface area contributed by atoms with Crippen molar-refractivity contribution in [2.45, 2.75) is 56.4 Å². The van der Waals surface area contributed by atoms with E-state index in [1.807, 2.05) is 4.90 Å². The van der Waals surface area contributed by atoms with E-state index in [9.17, 15) is 22.8 Å². The molecule has 2 aliphatic rings. The molecule has 1 saturated carbocycles. The van der Waals surface area contributed by atoms with E-state index < -0.39 is 23.2 Å². The van der Waals surface area contributed by atoms with E-state index >= 15 is 0 Å². The van der Waals surface area contributed by atoms with Gasteiger partial charge in [-0.1, -0.05) is 30.7 Å². The maximum atomic E-state index is 13.2. The summed E-state index contributed by atoms with van der Waals surface area (Å²) in [5, 5.41) is 12.3. The van der Waals surface area contributed by atoms with E-state index in [1.54, 1.807) is 24.3 Å². The van der Waals surface area contributed by atoms with E-state index in [-0.39, 0.29) is 47.1 Å². The van der Waals surface area contributed by atoms with Crippen LogP contribution in [0.5, 0.6) is 0 Å². The number of hydrogen-bond donors (Lipinski definition) is 2. The number of benzene rings is 2. The van der Waals surface area contributed by atoms with Gasteiger partial charge >= 0.3 is 41.7 Å². The zero-order valence-electron chi connectivity index (χ0n) is 17.5. The molecule has 2 aromatic carbocycles. The molecule has 1 saturated heterocycles. The van der Waals surface area contributed by atoms with Gasteiger partial charge in [0.25, 0.3) is 0 Å². The number of carbonyl (C=O) groups excluding carboxylic acids is 1. The molecular formula is C24H26F3N2NaO3. The Kier molecular flexibility index (Phi) is 7.94. The van der Waals surface area contributed by atoms with Crippen molar-refractivity contribution in [2.75, 3.05) is 6.54 Å². The van der Waals surface area contributed by atoms with Crippen LogP contribution in [0, 0.1) is 0 Å². The van der Waals surface area contributed by atoms with Crippen molar-refractivity contribution in [3.05, 3.63) is 70.8 Å². The van der Waals surface area contributed by atoms with Gasteiger partial charge in [-0.3, -0.25) is 9.69 Å². The van der Waals surface area contributed by atoms with Crippen LogP contribution in [-0.4, -0.2) is 64.0 Å². The molecular weight excluding hydrogens is 444 g/mol. The molecule has 0 unspecified atom stereocenters. The zero-order valence-corrected chi connectivity index (χ0v) is 17.5. The van der Waals surface area contributed by atoms with Crippen molar-refractivity contribution < 1.29 is 27.9 Å². The van der Waals surface area contributed by atoms with Crippen LogP contribution in [-0.2, 0) is 23.1 Å². The van der Waals surface area contributed by atoms with E-state index in [1.165, 1.54) is 12.1 Å². The first kappa shape index (κ1) is 25.7. The number of hydrogen-bond acceptors (Lipinski definition) is 3. The Morgan fingerprint density at radius 1 is 1.03 bits per heavy atom. The first-order chi connectivity index (χ1) is 15.2. The van der Waals surface area contributed by atoms with Gasteiger partial charge in [0.05, 0.1) is 22.7 Å². The van der Waals surface area contributed by atoms with Crippen LogP contribution in [0.1, 0.15) is 59.2 Å². The third kappa shape index (κ3) is 5.98. The van der Waals surface area contributed by atoms with Gasteiger partial charge in [0, 0.05) is 6.54 Å². The topological polar surface area (TPSA) is 69.6 Å². The summed E-state index contributed by atoms with van der Waals surface area (Å²) in [7, 11) is 0. The fourth-order valence-corrected chi connectivity index (χ4v) is 4.37. The second-order valence-corrected chi connectivity index (χ2v) is 8.63. The van der Waals surface area contributed by atoms with E-state index in [0.717, 1.165) is 48.9 Å². The summed E-state index contributed by atoms with van der Waals surface area (Å²) in [6.07, 6.45) is -0.241. The molecule has 9 heteroatoms. The predicted molar refractivity (Wildman–Crippen MR) is 119 cm³/mol. The summed E-state index contributed by atoms with van der Waals surface area (Å²) in [6.45, 7) is 1.12. The molecule has 1 heterocycles. The molecule has 1 aliphatic heterocycles. The van der Waals surface area contributed by atoms with Gasteiger partial charge in [-0.25, -0.2) is 4.79 Å². The molecule has 0 aromatic heterocycles. The van der Waals surface area contributed by atoms with Gasteiger partial charge in [0.2, 0.25) is 5.91 Å². The molecule has 4 rings (SSSR count). The Labute approximate surface area is 212 Å². The molecule has 0 bridgehead atoms. The van der Waals surface area contributed by atoms with Gasteiger partial charge in [0.1, 0.15) is 0 Å². The summed E-state index contributed by atoms with van der Waals surface area (Å²) in [5.41, 5.74) is 0.680. The fourth-order valence-electron chi connectivity index (χ4n) is 4.37. The van der Waals surface area contributed by atoms with Gasteiger partial charge in [-0.05, 0) is 67.6 Å². The van der Waals surface area contributed by atoms with Crippen molar-refractivity contribution >= 4 is 41.4 Å². The number of amides is 1. The van der Waals surface area contributed by atoms with Crippen LogP contribution in [0.15, 0.2) is 48.5 Å². The van der Waals surface area contributed by atoms with Crippen LogP contribution in [0.4, 0.5) is 13.2 Å². The second-order valence-electron chi connectivity index (χ2n) is 8.63. The normalized spacial score (nSPS) is 19.9. The summed E-state index contributed by atoms with van der Waals surface area (Å²) in [5.74, 6) is -1.08. The van der Waals surface area contributed by atoms with Gasteiger partial charge in [0.15, 0.2) is 0 Å². The molecule has 33 heavy (non-hydrogen) atoms. The average molecular weight is 470 g/mol. The number of nitrogens with one attached hydrogen (secondary N) is 1. The quantitative estimate of drug-likeness (QED) is 0.628. The number of alkyl halides is 3. The van der Waals surface area contributed by atoms with Gasteiger partial charge in [-0.15, -0.1) is 0 Å². The first-order valence-corrected chi connectivity index (χ1v) is 10.7. The number of carbonyl (C=O) groups is 2. The van der Waals surface area contributed by atoms with Crippen molar-refractivity contribution in [3.63, 3.8) is 0 Å². The van der Waals surface area contributed by atoms with Crippen molar-refractivity contribution in [2.24, 2.45) is 0 Å². The van der Waals surface area contributed by atoms with E-state index in [4.69, 9.17) is 5.11 Å². The molecule has 1 amide bonds. The summed E-state index contributed by atoms with van der Waals surface area (Å²) in [4.78, 5) is 26.3. The Balaban J connectivity index is 0.00000306. The van der Waals surface area contributed by atoms with Crippen LogP contribution in [0.25, 0.3) is 0 Å². The summed E-state index contributed by atoms with van der Waals surface area (Å²) >= 11 is 0. The number of aromatic carboxylic acids is 1. The van der Waals surface area contributed by atoms with Gasteiger partial charge in [-0.2, -0.15) is 13.2 Å². The average Bonchev–Trinajstić information content (AvgIpc) is 3.54. The predicted octanol–water partition coefficient (Wildman–Crippen LogP) is 3.92. The molecule has 172 valence electrons. The Morgan fingerprint density at radius 3 is 2.21 bits per heavy atom. The van der Waals surface area contributed by atoms with E-state index in [0.29, 0.717) is 19.5 Å². The standard InChI is InChI=1S/C24H25F3N2O3.Na.H/c25-24(26,27)19-8-4-16(5-9-19)15-29-14-2-1-3-20(29)21(30)28-23(12-13-23)18-10-6-17(7-11-18)22(31)32;;/h4-11,20H,1-3,12-15H2,(H,28,30)(H,31,32);;/t20-;;/m1../s1. The molecule has 1 atom stereocenters.